The lowest BCUT2D eigenvalue weighted by molar-refractivity contribution is -0.119. The molecule has 228 valence electrons. The zero-order valence-corrected chi connectivity index (χ0v) is 26.0. The number of benzene rings is 2. The fraction of sp³-hybridized carbons (Fsp3) is 0.286. The zero-order valence-electron chi connectivity index (χ0n) is 23.6. The Kier molecular flexibility index (Phi) is 10.1. The summed E-state index contributed by atoms with van der Waals surface area (Å²) in [5.41, 5.74) is 0.419. The monoisotopic (exact) mass is 653 g/mol. The molecule has 15 heteroatoms. The maximum Gasteiger partial charge on any atom is 0.264 e. The van der Waals surface area contributed by atoms with Crippen molar-refractivity contribution in [2.75, 3.05) is 39.5 Å². The molecule has 0 fully saturated rings. The van der Waals surface area contributed by atoms with E-state index in [1.54, 1.807) is 18.2 Å². The molecule has 1 N–H and O–H groups in total. The predicted molar refractivity (Wildman–Crippen MR) is 162 cm³/mol. The van der Waals surface area contributed by atoms with Crippen molar-refractivity contribution >= 4 is 47.2 Å². The number of nitrogens with one attached hydrogen (secondary N) is 1. The number of carbonyl (C=O) groups is 1. The van der Waals surface area contributed by atoms with Gasteiger partial charge in [-0.15, -0.1) is 5.10 Å². The van der Waals surface area contributed by atoms with Gasteiger partial charge in [0, 0.05) is 58.9 Å². The van der Waals surface area contributed by atoms with Gasteiger partial charge in [-0.1, -0.05) is 28.4 Å². The Morgan fingerprint density at radius 3 is 2.42 bits per heavy atom. The minimum atomic E-state index is -3.01. The second-order valence-electron chi connectivity index (χ2n) is 9.86. The van der Waals surface area contributed by atoms with Gasteiger partial charge >= 0.3 is 0 Å². The van der Waals surface area contributed by atoms with Crippen LogP contribution in [0.3, 0.4) is 0 Å². The lowest BCUT2D eigenvalue weighted by Gasteiger charge is -2.22. The molecule has 0 bridgehead atoms. The number of hydrogen-bond donors (Lipinski definition) is 1. The van der Waals surface area contributed by atoms with E-state index in [4.69, 9.17) is 32.7 Å². The highest BCUT2D eigenvalue weighted by Crippen LogP contribution is 2.39. The summed E-state index contributed by atoms with van der Waals surface area (Å²) in [6.45, 7) is 2.89. The number of ether oxygens (including phenoxy) is 2. The van der Waals surface area contributed by atoms with Crippen LogP contribution in [-0.2, 0) is 14.1 Å². The van der Waals surface area contributed by atoms with Crippen molar-refractivity contribution in [3.63, 3.8) is 0 Å². The van der Waals surface area contributed by atoms with Crippen LogP contribution in [-0.4, -0.2) is 59.6 Å². The number of nitrogens with zero attached hydrogens (tertiary/aromatic N) is 4. The molecule has 0 aliphatic rings. The second kappa shape index (κ2) is 13.4. The molecule has 0 saturated heterocycles. The van der Waals surface area contributed by atoms with Crippen LogP contribution >= 0.6 is 30.3 Å². The molecule has 1 unspecified atom stereocenters. The van der Waals surface area contributed by atoms with Gasteiger partial charge < -0.3 is 19.4 Å². The average Bonchev–Trinajstić information content (AvgIpc) is 3.38. The molecule has 0 saturated carbocycles. The van der Waals surface area contributed by atoms with Gasteiger partial charge in [0.05, 0.1) is 25.2 Å². The Morgan fingerprint density at radius 2 is 1.81 bits per heavy atom. The summed E-state index contributed by atoms with van der Waals surface area (Å²) in [7, 11) is -0.160. The van der Waals surface area contributed by atoms with Crippen molar-refractivity contribution in [2.45, 2.75) is 18.9 Å². The third-order valence-electron chi connectivity index (χ3n) is 6.57. The number of alkyl halides is 2. The van der Waals surface area contributed by atoms with Gasteiger partial charge in [0.1, 0.15) is 18.9 Å². The summed E-state index contributed by atoms with van der Waals surface area (Å²) in [6, 6.07) is 8.93. The third kappa shape index (κ3) is 7.33. The first-order valence-electron chi connectivity index (χ1n) is 12.8. The number of rotatable bonds is 11. The molecular formula is C28H28Cl2F2N5O5P. The molecular weight excluding hydrogens is 626 g/mol. The standard InChI is InChI=1S/C28H28Cl2F2N5O5P/c1-41-10-9-22(28(39)33-17-6-8-24(43(3,4)40)20(12-17)27(31)32)36-14-23(42-2)19(13-26(36)38)18-11-16(29)5-7-21(18)37-15-25(30)34-35-37/h5-8,11-15,22,27H,9-10H2,1-4H3,(H,33,39). The number of amides is 1. The molecule has 2 aromatic carbocycles. The second-order valence-corrected chi connectivity index (χ2v) is 13.9. The van der Waals surface area contributed by atoms with Crippen molar-refractivity contribution in [3.8, 4) is 22.6 Å². The highest BCUT2D eigenvalue weighted by Gasteiger charge is 2.26. The smallest absolute Gasteiger partial charge is 0.264 e. The molecule has 0 radical (unpaired) electrons. The highest BCUT2D eigenvalue weighted by atomic mass is 35.5. The number of carbonyl (C=O) groups excluding carboxylic acids is 1. The van der Waals surface area contributed by atoms with Crippen LogP contribution in [0.4, 0.5) is 14.5 Å². The van der Waals surface area contributed by atoms with E-state index in [1.807, 2.05) is 0 Å². The normalized spacial score (nSPS) is 12.4. The van der Waals surface area contributed by atoms with Crippen LogP contribution in [0.5, 0.6) is 5.75 Å². The summed E-state index contributed by atoms with van der Waals surface area (Å²) in [4.78, 5) is 27.1. The van der Waals surface area contributed by atoms with E-state index in [9.17, 15) is 22.9 Å². The Bertz CT molecular complexity index is 1760. The van der Waals surface area contributed by atoms with Crippen LogP contribution in [0, 0.1) is 0 Å². The highest BCUT2D eigenvalue weighted by molar-refractivity contribution is 7.70. The number of anilines is 1. The van der Waals surface area contributed by atoms with E-state index in [0.29, 0.717) is 21.8 Å². The van der Waals surface area contributed by atoms with Gasteiger partial charge in [-0.05, 0) is 49.7 Å². The summed E-state index contributed by atoms with van der Waals surface area (Å²) in [6.07, 6.45) is 0.0330. The third-order valence-corrected chi connectivity index (χ3v) is 8.55. The predicted octanol–water partition coefficient (Wildman–Crippen LogP) is 5.81. The van der Waals surface area contributed by atoms with Crippen molar-refractivity contribution in [1.29, 1.82) is 0 Å². The zero-order chi connectivity index (χ0) is 31.5. The summed E-state index contributed by atoms with van der Waals surface area (Å²) >= 11 is 12.3. The van der Waals surface area contributed by atoms with Gasteiger partial charge in [-0.2, -0.15) is 0 Å². The van der Waals surface area contributed by atoms with Gasteiger partial charge in [0.2, 0.25) is 5.91 Å². The Hall–Kier alpha value is -3.57. The van der Waals surface area contributed by atoms with E-state index in [2.05, 4.69) is 15.6 Å². The van der Waals surface area contributed by atoms with Crippen molar-refractivity contribution in [1.82, 2.24) is 19.6 Å². The molecule has 2 heterocycles. The van der Waals surface area contributed by atoms with Gasteiger partial charge in [-0.3, -0.25) is 14.2 Å². The molecule has 10 nitrogen and oxygen atoms in total. The van der Waals surface area contributed by atoms with Gasteiger partial charge in [-0.25, -0.2) is 13.5 Å². The first kappa shape index (κ1) is 32.3. The van der Waals surface area contributed by atoms with Crippen LogP contribution in [0.2, 0.25) is 10.2 Å². The number of pyridine rings is 1. The van der Waals surface area contributed by atoms with E-state index in [1.165, 1.54) is 67.4 Å². The maximum absolute atomic E-state index is 13.8. The lowest BCUT2D eigenvalue weighted by Crippen LogP contribution is -2.34. The molecule has 0 aliphatic heterocycles. The summed E-state index contributed by atoms with van der Waals surface area (Å²) in [5.74, 6) is -0.422. The molecule has 43 heavy (non-hydrogen) atoms. The molecule has 1 atom stereocenters. The van der Waals surface area contributed by atoms with Crippen molar-refractivity contribution in [2.24, 2.45) is 0 Å². The Labute approximate surface area is 255 Å². The SMILES string of the molecule is COCCC(C(=O)Nc1ccc(P(C)(C)=O)c(C(F)F)c1)n1cc(OC)c(-c2cc(Cl)ccc2-n2cc(Cl)nn2)cc1=O. The van der Waals surface area contributed by atoms with Crippen molar-refractivity contribution in [3.05, 3.63) is 81.0 Å². The quantitative estimate of drug-likeness (QED) is 0.203. The van der Waals surface area contributed by atoms with E-state index < -0.39 is 36.6 Å². The lowest BCUT2D eigenvalue weighted by atomic mass is 10.0. The van der Waals surface area contributed by atoms with Crippen LogP contribution in [0.15, 0.2) is 59.7 Å². The van der Waals surface area contributed by atoms with Gasteiger partial charge in [0.25, 0.3) is 12.0 Å². The summed E-state index contributed by atoms with van der Waals surface area (Å²) < 4.78 is 53.5. The molecule has 2 aromatic heterocycles. The van der Waals surface area contributed by atoms with E-state index in [-0.39, 0.29) is 34.9 Å². The number of hydrogen-bond acceptors (Lipinski definition) is 7. The number of methoxy groups -OCH3 is 2. The fourth-order valence-electron chi connectivity index (χ4n) is 4.58. The Balaban J connectivity index is 1.77. The first-order valence-corrected chi connectivity index (χ1v) is 16.2. The van der Waals surface area contributed by atoms with Crippen LogP contribution < -0.4 is 20.9 Å². The molecule has 0 aliphatic carbocycles. The van der Waals surface area contributed by atoms with Gasteiger partial charge in [0.15, 0.2) is 5.15 Å². The topological polar surface area (TPSA) is 117 Å². The summed E-state index contributed by atoms with van der Waals surface area (Å²) in [5, 5.41) is 11.0. The molecule has 4 rings (SSSR count). The molecule has 1 amide bonds. The van der Waals surface area contributed by atoms with Crippen LogP contribution in [0.25, 0.3) is 16.8 Å². The molecule has 0 spiro atoms. The average molecular weight is 654 g/mol. The minimum absolute atomic E-state index is 0.0292. The Morgan fingerprint density at radius 1 is 1.07 bits per heavy atom. The fourth-order valence-corrected chi connectivity index (χ4v) is 6.10. The van der Waals surface area contributed by atoms with E-state index in [0.717, 1.165) is 6.07 Å². The maximum atomic E-state index is 13.8. The first-order chi connectivity index (χ1) is 20.3. The molecule has 4 aromatic rings. The van der Waals surface area contributed by atoms with Crippen molar-refractivity contribution < 1.29 is 27.6 Å². The number of halogens is 4. The number of aromatic nitrogens is 4. The van der Waals surface area contributed by atoms with Crippen LogP contribution in [0.1, 0.15) is 24.5 Å². The minimum Gasteiger partial charge on any atom is -0.495 e. The largest absolute Gasteiger partial charge is 0.495 e. The van der Waals surface area contributed by atoms with E-state index >= 15 is 0 Å².